The quantitative estimate of drug-likeness (QED) is 0.800. The van der Waals surface area contributed by atoms with Crippen LogP contribution in [0, 0.1) is 5.92 Å². The lowest BCUT2D eigenvalue weighted by Crippen LogP contribution is -2.14. The van der Waals surface area contributed by atoms with E-state index in [2.05, 4.69) is 15.4 Å². The first-order valence-corrected chi connectivity index (χ1v) is 8.37. The van der Waals surface area contributed by atoms with Crippen LogP contribution in [0.4, 0.5) is 5.69 Å². The second kappa shape index (κ2) is 4.93. The van der Waals surface area contributed by atoms with E-state index < -0.39 is 0 Å². The van der Waals surface area contributed by atoms with E-state index in [0.29, 0.717) is 5.92 Å². The summed E-state index contributed by atoms with van der Waals surface area (Å²) in [6.07, 6.45) is 7.04. The molecule has 0 bridgehead atoms. The van der Waals surface area contributed by atoms with Crippen molar-refractivity contribution in [3.8, 4) is 0 Å². The number of amides is 1. The molecule has 1 aromatic carbocycles. The Labute approximate surface area is 138 Å². The molecule has 0 aliphatic heterocycles. The van der Waals surface area contributed by atoms with Crippen molar-refractivity contribution in [1.29, 1.82) is 0 Å². The van der Waals surface area contributed by atoms with E-state index in [4.69, 9.17) is 4.42 Å². The summed E-state index contributed by atoms with van der Waals surface area (Å²) in [7, 11) is 1.89. The highest BCUT2D eigenvalue weighted by atomic mass is 16.3. The van der Waals surface area contributed by atoms with Crippen LogP contribution >= 0.6 is 0 Å². The Morgan fingerprint density at radius 1 is 1.38 bits per heavy atom. The van der Waals surface area contributed by atoms with Gasteiger partial charge < -0.3 is 9.73 Å². The molecular formula is C18H18N4O2. The minimum absolute atomic E-state index is 0.0317. The van der Waals surface area contributed by atoms with Crippen LogP contribution in [0.25, 0.3) is 11.1 Å². The van der Waals surface area contributed by atoms with Crippen molar-refractivity contribution < 1.29 is 9.21 Å². The smallest absolute Gasteiger partial charge is 0.228 e. The zero-order valence-corrected chi connectivity index (χ0v) is 13.4. The minimum atomic E-state index is 0.0317. The molecule has 1 N–H and O–H groups in total. The number of nitrogens with one attached hydrogen (secondary N) is 1. The van der Waals surface area contributed by atoms with Crippen LogP contribution in [0.1, 0.15) is 42.6 Å². The van der Waals surface area contributed by atoms with E-state index in [0.717, 1.165) is 47.5 Å². The summed E-state index contributed by atoms with van der Waals surface area (Å²) < 4.78 is 7.53. The number of benzene rings is 1. The van der Waals surface area contributed by atoms with E-state index >= 15 is 0 Å². The van der Waals surface area contributed by atoms with Crippen molar-refractivity contribution in [2.75, 3.05) is 5.32 Å². The molecule has 0 radical (unpaired) electrons. The van der Waals surface area contributed by atoms with E-state index in [1.165, 1.54) is 0 Å². The predicted octanol–water partition coefficient (Wildman–Crippen LogP) is 3.18. The van der Waals surface area contributed by atoms with E-state index in [1.807, 2.05) is 37.6 Å². The number of carbonyl (C=O) groups is 1. The van der Waals surface area contributed by atoms with Gasteiger partial charge >= 0.3 is 0 Å². The summed E-state index contributed by atoms with van der Waals surface area (Å²) in [5.41, 5.74) is 3.52. The molecule has 0 spiro atoms. The Balaban J connectivity index is 1.30. The number of aryl methyl sites for hydroxylation is 1. The maximum Gasteiger partial charge on any atom is 0.228 e. The number of hydrogen-bond acceptors (Lipinski definition) is 4. The Morgan fingerprint density at radius 3 is 3.00 bits per heavy atom. The van der Waals surface area contributed by atoms with Gasteiger partial charge in [-0.25, -0.2) is 4.98 Å². The highest BCUT2D eigenvalue weighted by Gasteiger charge is 2.44. The monoisotopic (exact) mass is 322 g/mol. The Morgan fingerprint density at radius 2 is 2.25 bits per heavy atom. The highest BCUT2D eigenvalue weighted by molar-refractivity contribution is 5.96. The summed E-state index contributed by atoms with van der Waals surface area (Å²) in [6, 6.07) is 5.66. The van der Waals surface area contributed by atoms with Crippen LogP contribution in [0.3, 0.4) is 0 Å². The second-order valence-electron chi connectivity index (χ2n) is 6.89. The standard InChI is InChI=1S/C18H18N4O2/c1-22-9-11(8-19-22)13-7-14(13)17(23)20-12-4-5-16-15(6-12)21-18(24-16)10-2-3-10/h4-6,8-10,13-14H,2-3,7H2,1H3,(H,20,23)/t13-,14+/m1/s1. The SMILES string of the molecule is Cn1cc([C@H]2C[C@@H]2C(=O)Nc2ccc3oc(C4CC4)nc3c2)cn1. The molecule has 0 saturated heterocycles. The molecule has 3 aromatic rings. The average molecular weight is 322 g/mol. The van der Waals surface area contributed by atoms with Crippen molar-refractivity contribution in [2.45, 2.75) is 31.1 Å². The molecule has 2 atom stereocenters. The summed E-state index contributed by atoms with van der Waals surface area (Å²) >= 11 is 0. The molecule has 2 saturated carbocycles. The van der Waals surface area contributed by atoms with Gasteiger partial charge in [-0.3, -0.25) is 9.48 Å². The van der Waals surface area contributed by atoms with Gasteiger partial charge in [0.05, 0.1) is 6.20 Å². The molecule has 6 heteroatoms. The van der Waals surface area contributed by atoms with Gasteiger partial charge in [0.1, 0.15) is 5.52 Å². The Bertz CT molecular complexity index is 938. The Hall–Kier alpha value is -2.63. The zero-order valence-electron chi connectivity index (χ0n) is 13.4. The highest BCUT2D eigenvalue weighted by Crippen LogP contribution is 2.48. The van der Waals surface area contributed by atoms with Crippen molar-refractivity contribution >= 4 is 22.7 Å². The van der Waals surface area contributed by atoms with Crippen LogP contribution in [-0.4, -0.2) is 20.7 Å². The number of hydrogen-bond donors (Lipinski definition) is 1. The van der Waals surface area contributed by atoms with Gasteiger partial charge in [-0.15, -0.1) is 0 Å². The number of fused-ring (bicyclic) bond motifs is 1. The molecule has 2 aliphatic carbocycles. The lowest BCUT2D eigenvalue weighted by atomic mass is 10.2. The molecule has 24 heavy (non-hydrogen) atoms. The van der Waals surface area contributed by atoms with Crippen molar-refractivity contribution in [1.82, 2.24) is 14.8 Å². The van der Waals surface area contributed by atoms with Gasteiger partial charge in [-0.05, 0) is 48.9 Å². The third kappa shape index (κ3) is 2.38. The number of aromatic nitrogens is 3. The zero-order chi connectivity index (χ0) is 16.3. The fraction of sp³-hybridized carbons (Fsp3) is 0.389. The van der Waals surface area contributed by atoms with Crippen molar-refractivity contribution in [2.24, 2.45) is 13.0 Å². The van der Waals surface area contributed by atoms with Crippen LogP contribution in [-0.2, 0) is 11.8 Å². The van der Waals surface area contributed by atoms with Gasteiger partial charge in [0.25, 0.3) is 0 Å². The summed E-state index contributed by atoms with van der Waals surface area (Å²) in [5.74, 6) is 1.70. The van der Waals surface area contributed by atoms with Crippen LogP contribution in [0.15, 0.2) is 35.0 Å². The molecular weight excluding hydrogens is 304 g/mol. The molecule has 2 fully saturated rings. The van der Waals surface area contributed by atoms with Gasteiger partial charge in [-0.2, -0.15) is 5.10 Å². The molecule has 1 amide bonds. The molecule has 0 unspecified atom stereocenters. The average Bonchev–Trinajstić information content (AvgIpc) is 3.48. The topological polar surface area (TPSA) is 73.0 Å². The summed E-state index contributed by atoms with van der Waals surface area (Å²) in [6.45, 7) is 0. The van der Waals surface area contributed by atoms with Crippen molar-refractivity contribution in [3.05, 3.63) is 42.0 Å². The number of rotatable bonds is 4. The molecule has 122 valence electrons. The number of carbonyl (C=O) groups excluding carboxylic acids is 1. The predicted molar refractivity (Wildman–Crippen MR) is 88.7 cm³/mol. The molecule has 2 aliphatic rings. The normalized spacial score (nSPS) is 22.7. The van der Waals surface area contributed by atoms with Crippen LogP contribution < -0.4 is 5.32 Å². The summed E-state index contributed by atoms with van der Waals surface area (Å²) in [4.78, 5) is 17.0. The third-order valence-electron chi connectivity index (χ3n) is 4.88. The number of nitrogens with zero attached hydrogens (tertiary/aromatic N) is 3. The van der Waals surface area contributed by atoms with E-state index in [1.54, 1.807) is 4.68 Å². The van der Waals surface area contributed by atoms with Gasteiger partial charge in [0.2, 0.25) is 5.91 Å². The first kappa shape index (κ1) is 13.8. The van der Waals surface area contributed by atoms with Gasteiger partial charge in [0.15, 0.2) is 11.5 Å². The van der Waals surface area contributed by atoms with Gasteiger partial charge in [-0.1, -0.05) is 0 Å². The molecule has 6 nitrogen and oxygen atoms in total. The maximum absolute atomic E-state index is 12.4. The van der Waals surface area contributed by atoms with E-state index in [-0.39, 0.29) is 17.7 Å². The molecule has 2 aromatic heterocycles. The van der Waals surface area contributed by atoms with Crippen molar-refractivity contribution in [3.63, 3.8) is 0 Å². The Kier molecular flexibility index (Phi) is 2.83. The first-order valence-electron chi connectivity index (χ1n) is 8.37. The fourth-order valence-corrected chi connectivity index (χ4v) is 3.25. The fourth-order valence-electron chi connectivity index (χ4n) is 3.25. The third-order valence-corrected chi connectivity index (χ3v) is 4.88. The minimum Gasteiger partial charge on any atom is -0.440 e. The molecule has 2 heterocycles. The molecule has 5 rings (SSSR count). The summed E-state index contributed by atoms with van der Waals surface area (Å²) in [5, 5.41) is 7.19. The maximum atomic E-state index is 12.4. The lowest BCUT2D eigenvalue weighted by molar-refractivity contribution is -0.117. The van der Waals surface area contributed by atoms with E-state index in [9.17, 15) is 4.79 Å². The van der Waals surface area contributed by atoms with Crippen LogP contribution in [0.5, 0.6) is 0 Å². The largest absolute Gasteiger partial charge is 0.440 e. The lowest BCUT2D eigenvalue weighted by Gasteiger charge is -2.04. The first-order chi connectivity index (χ1) is 11.7. The number of oxazole rings is 1. The van der Waals surface area contributed by atoms with Gasteiger partial charge in [0, 0.05) is 30.8 Å². The second-order valence-corrected chi connectivity index (χ2v) is 6.89. The number of anilines is 1. The van der Waals surface area contributed by atoms with Crippen LogP contribution in [0.2, 0.25) is 0 Å².